The molecule has 1 aliphatic rings. The molecule has 1 aliphatic heterocycles. The van der Waals surface area contributed by atoms with Crippen molar-refractivity contribution in [3.05, 3.63) is 66.0 Å². The third-order valence-electron chi connectivity index (χ3n) is 4.32. The average Bonchev–Trinajstić information content (AvgIpc) is 3.06. The molecule has 2 aromatic rings. The van der Waals surface area contributed by atoms with Crippen molar-refractivity contribution in [3.8, 4) is 0 Å². The van der Waals surface area contributed by atoms with Gasteiger partial charge >= 0.3 is 6.03 Å². The van der Waals surface area contributed by atoms with Gasteiger partial charge in [-0.2, -0.15) is 11.8 Å². The number of benzene rings is 1. The number of carbonyl (C=O) groups excluding carboxylic acids is 1. The molecule has 2 heterocycles. The Balaban J connectivity index is 1.69. The van der Waals surface area contributed by atoms with Gasteiger partial charge in [0.05, 0.1) is 11.7 Å². The Morgan fingerprint density at radius 3 is 2.71 bits per heavy atom. The van der Waals surface area contributed by atoms with Gasteiger partial charge in [0.2, 0.25) is 0 Å². The molecular formula is C19H23N3OS. The van der Waals surface area contributed by atoms with Crippen LogP contribution in [-0.4, -0.2) is 28.1 Å². The van der Waals surface area contributed by atoms with Crippen LogP contribution in [0.4, 0.5) is 4.79 Å². The minimum Gasteiger partial charge on any atom is -0.337 e. The molecule has 0 spiro atoms. The van der Waals surface area contributed by atoms with Gasteiger partial charge in [-0.1, -0.05) is 36.4 Å². The fourth-order valence-corrected chi connectivity index (χ4v) is 4.19. The number of pyridine rings is 1. The molecule has 1 aromatic carbocycles. The van der Waals surface area contributed by atoms with Crippen molar-refractivity contribution in [2.45, 2.75) is 30.6 Å². The number of carbonyl (C=O) groups is 1. The Morgan fingerprint density at radius 1 is 1.25 bits per heavy atom. The summed E-state index contributed by atoms with van der Waals surface area (Å²) in [6, 6.07) is 15.3. The summed E-state index contributed by atoms with van der Waals surface area (Å²) in [6.07, 6.45) is 4.13. The molecule has 2 amide bonds. The summed E-state index contributed by atoms with van der Waals surface area (Å²) in [6.45, 7) is 2.91. The molecular weight excluding hydrogens is 318 g/mol. The lowest BCUT2D eigenvalue weighted by Gasteiger charge is -2.24. The molecule has 0 radical (unpaired) electrons. The number of nitrogens with one attached hydrogen (secondary N) is 2. The van der Waals surface area contributed by atoms with Gasteiger partial charge in [-0.3, -0.25) is 4.98 Å². The van der Waals surface area contributed by atoms with E-state index in [0.717, 1.165) is 17.7 Å². The summed E-state index contributed by atoms with van der Waals surface area (Å²) in [5.41, 5.74) is 1.85. The van der Waals surface area contributed by atoms with Crippen molar-refractivity contribution in [1.82, 2.24) is 15.6 Å². The van der Waals surface area contributed by atoms with Crippen LogP contribution in [0, 0.1) is 0 Å². The molecule has 1 fully saturated rings. The molecule has 0 aliphatic carbocycles. The van der Waals surface area contributed by atoms with Crippen LogP contribution in [0.3, 0.4) is 0 Å². The van der Waals surface area contributed by atoms with Gasteiger partial charge in [-0.25, -0.2) is 4.79 Å². The lowest BCUT2D eigenvalue weighted by atomic mass is 10.0. The maximum absolute atomic E-state index is 12.4. The van der Waals surface area contributed by atoms with E-state index in [2.05, 4.69) is 22.5 Å². The number of nitrogens with zero attached hydrogens (tertiary/aromatic N) is 1. The lowest BCUT2D eigenvalue weighted by Crippen LogP contribution is -2.44. The van der Waals surface area contributed by atoms with Crippen LogP contribution in [0.1, 0.15) is 37.1 Å². The Labute approximate surface area is 147 Å². The monoisotopic (exact) mass is 341 g/mol. The second-order valence-electron chi connectivity index (χ2n) is 6.33. The van der Waals surface area contributed by atoms with Crippen LogP contribution in [0.25, 0.3) is 0 Å². The SMILES string of the molecule is C[C@@]1(CNC(=O)N[C@H](c2ccccc2)c2ccccn2)CCCS1. The number of urea groups is 1. The van der Waals surface area contributed by atoms with Gasteiger partial charge < -0.3 is 10.6 Å². The summed E-state index contributed by atoms with van der Waals surface area (Å²) in [5, 5.41) is 6.11. The third kappa shape index (κ3) is 4.29. The van der Waals surface area contributed by atoms with E-state index in [1.807, 2.05) is 60.3 Å². The van der Waals surface area contributed by atoms with Gasteiger partial charge in [0, 0.05) is 17.5 Å². The number of aromatic nitrogens is 1. The van der Waals surface area contributed by atoms with Crippen LogP contribution in [0.15, 0.2) is 54.7 Å². The highest BCUT2D eigenvalue weighted by Crippen LogP contribution is 2.36. The Hall–Kier alpha value is -2.01. The van der Waals surface area contributed by atoms with E-state index in [1.165, 1.54) is 12.2 Å². The largest absolute Gasteiger partial charge is 0.337 e. The van der Waals surface area contributed by atoms with Crippen molar-refractivity contribution >= 4 is 17.8 Å². The standard InChI is InChI=1S/C19H23N3OS/c1-19(11-7-13-24-19)14-21-18(23)22-17(15-8-3-2-4-9-15)16-10-5-6-12-20-16/h2-6,8-10,12,17H,7,11,13-14H2,1H3,(H2,21,22,23)/t17-,19+/m1/s1. The molecule has 3 rings (SSSR count). The Bertz CT molecular complexity index is 617. The first-order valence-corrected chi connectivity index (χ1v) is 9.29. The minimum absolute atomic E-state index is 0.150. The molecule has 126 valence electrons. The second kappa shape index (κ2) is 7.71. The zero-order chi connectivity index (χ0) is 16.8. The minimum atomic E-state index is -0.253. The van der Waals surface area contributed by atoms with E-state index in [1.54, 1.807) is 6.20 Å². The fourth-order valence-electron chi connectivity index (χ4n) is 2.95. The highest BCUT2D eigenvalue weighted by molar-refractivity contribution is 8.00. The van der Waals surface area contributed by atoms with Gasteiger partial charge in [-0.05, 0) is 43.2 Å². The van der Waals surface area contributed by atoms with E-state index >= 15 is 0 Å². The molecule has 4 nitrogen and oxygen atoms in total. The summed E-state index contributed by atoms with van der Waals surface area (Å²) >= 11 is 1.94. The third-order valence-corrected chi connectivity index (χ3v) is 5.85. The summed E-state index contributed by atoms with van der Waals surface area (Å²) in [4.78, 5) is 16.9. The van der Waals surface area contributed by atoms with E-state index in [9.17, 15) is 4.79 Å². The molecule has 24 heavy (non-hydrogen) atoms. The maximum atomic E-state index is 12.4. The molecule has 0 bridgehead atoms. The van der Waals surface area contributed by atoms with Gasteiger partial charge in [0.25, 0.3) is 0 Å². The molecule has 0 saturated carbocycles. The lowest BCUT2D eigenvalue weighted by molar-refractivity contribution is 0.237. The summed E-state index contributed by atoms with van der Waals surface area (Å²) < 4.78 is 0.157. The van der Waals surface area contributed by atoms with Crippen molar-refractivity contribution in [1.29, 1.82) is 0 Å². The zero-order valence-electron chi connectivity index (χ0n) is 13.9. The number of hydrogen-bond donors (Lipinski definition) is 2. The predicted molar refractivity (Wildman–Crippen MR) is 99.2 cm³/mol. The van der Waals surface area contributed by atoms with E-state index < -0.39 is 0 Å². The summed E-state index contributed by atoms with van der Waals surface area (Å²) in [7, 11) is 0. The smallest absolute Gasteiger partial charge is 0.315 e. The van der Waals surface area contributed by atoms with Gasteiger partial charge in [0.15, 0.2) is 0 Å². The molecule has 1 saturated heterocycles. The maximum Gasteiger partial charge on any atom is 0.315 e. The van der Waals surface area contributed by atoms with Crippen LogP contribution >= 0.6 is 11.8 Å². The predicted octanol–water partition coefficient (Wildman–Crippen LogP) is 3.76. The number of thioether (sulfide) groups is 1. The second-order valence-corrected chi connectivity index (χ2v) is 8.01. The van der Waals surface area contributed by atoms with Crippen molar-refractivity contribution in [2.75, 3.05) is 12.3 Å². The highest BCUT2D eigenvalue weighted by atomic mass is 32.2. The fraction of sp³-hybridized carbons (Fsp3) is 0.368. The highest BCUT2D eigenvalue weighted by Gasteiger charge is 2.30. The van der Waals surface area contributed by atoms with Crippen molar-refractivity contribution in [3.63, 3.8) is 0 Å². The Morgan fingerprint density at radius 2 is 2.04 bits per heavy atom. The van der Waals surface area contributed by atoms with Crippen LogP contribution in [0.2, 0.25) is 0 Å². The number of rotatable bonds is 5. The summed E-state index contributed by atoms with van der Waals surface area (Å²) in [5.74, 6) is 1.18. The first kappa shape index (κ1) is 16.8. The zero-order valence-corrected chi connectivity index (χ0v) is 14.7. The van der Waals surface area contributed by atoms with Crippen molar-refractivity contribution in [2.24, 2.45) is 0 Å². The molecule has 2 atom stereocenters. The van der Waals surface area contributed by atoms with Crippen LogP contribution in [0.5, 0.6) is 0 Å². The molecule has 0 unspecified atom stereocenters. The van der Waals surface area contributed by atoms with Crippen LogP contribution < -0.4 is 10.6 Å². The van der Waals surface area contributed by atoms with Crippen molar-refractivity contribution < 1.29 is 4.79 Å². The topological polar surface area (TPSA) is 54.0 Å². The van der Waals surface area contributed by atoms with E-state index in [0.29, 0.717) is 6.54 Å². The number of amides is 2. The average molecular weight is 341 g/mol. The first-order valence-electron chi connectivity index (χ1n) is 8.30. The van der Waals surface area contributed by atoms with Crippen LogP contribution in [-0.2, 0) is 0 Å². The number of hydrogen-bond acceptors (Lipinski definition) is 3. The quantitative estimate of drug-likeness (QED) is 0.871. The van der Waals surface area contributed by atoms with Gasteiger partial charge in [0.1, 0.15) is 0 Å². The van der Waals surface area contributed by atoms with Gasteiger partial charge in [-0.15, -0.1) is 0 Å². The first-order chi connectivity index (χ1) is 11.7. The van der Waals surface area contributed by atoms with E-state index in [4.69, 9.17) is 0 Å². The molecule has 1 aromatic heterocycles. The van der Waals surface area contributed by atoms with E-state index in [-0.39, 0.29) is 16.8 Å². The molecule has 5 heteroatoms. The Kier molecular flexibility index (Phi) is 5.41. The normalized spacial score (nSPS) is 21.2. The molecule has 2 N–H and O–H groups in total.